The number of pyridine rings is 3. The van der Waals surface area contributed by atoms with Crippen LogP contribution in [0.4, 0.5) is 34.5 Å². The zero-order chi connectivity index (χ0) is 77.3. The zero-order valence-electron chi connectivity index (χ0n) is 64.3. The minimum absolute atomic E-state index is 0.0112. The van der Waals surface area contributed by atoms with E-state index in [0.29, 0.717) is 92.5 Å². The van der Waals surface area contributed by atoms with Crippen LogP contribution in [0.3, 0.4) is 0 Å². The summed E-state index contributed by atoms with van der Waals surface area (Å²) in [4.78, 5) is 109. The Hall–Kier alpha value is -10.4. The first kappa shape index (κ1) is 78.8. The predicted octanol–water partition coefficient (Wildman–Crippen LogP) is 6.71. The molecule has 111 heavy (non-hydrogen) atoms. The van der Waals surface area contributed by atoms with Gasteiger partial charge in [0, 0.05) is 151 Å². The highest BCUT2D eigenvalue weighted by Gasteiger charge is 2.39. The number of carbonyl (C=O) groups is 3. The Labute approximate surface area is 648 Å². The number of ether oxygens (including phenoxy) is 3. The number of carbonyl (C=O) groups excluding carboxylic acids is 3. The Morgan fingerprint density at radius 2 is 0.658 bits per heavy atom. The van der Waals surface area contributed by atoms with E-state index in [1.807, 2.05) is 53.7 Å². The second kappa shape index (κ2) is 37.6. The summed E-state index contributed by atoms with van der Waals surface area (Å²) >= 11 is 0. The number of nitrogens with one attached hydrogen (secondary N) is 3. The highest BCUT2D eigenvalue weighted by molar-refractivity contribution is 5.80. The first-order valence-corrected chi connectivity index (χ1v) is 40.1. The molecule has 0 radical (unpaired) electrons. The molecule has 3 aliphatic carbocycles. The Bertz CT molecular complexity index is 4000. The van der Waals surface area contributed by atoms with Crippen LogP contribution in [0.5, 0.6) is 0 Å². The van der Waals surface area contributed by atoms with Gasteiger partial charge in [-0.2, -0.15) is 31.1 Å². The molecular weight excluding hydrogens is 1410 g/mol. The summed E-state index contributed by atoms with van der Waals surface area (Å²) in [5.74, 6) is 3.32. The van der Waals surface area contributed by atoms with Crippen molar-refractivity contribution in [3.63, 3.8) is 0 Å². The molecule has 588 valence electrons. The third-order valence-corrected chi connectivity index (χ3v) is 24.2. The summed E-state index contributed by atoms with van der Waals surface area (Å²) in [6.45, 7) is 18.6. The number of nitriles is 3. The van der Waals surface area contributed by atoms with Gasteiger partial charge in [0.05, 0.1) is 109 Å². The molecule has 12 heterocycles. The van der Waals surface area contributed by atoms with Gasteiger partial charge in [-0.15, -0.1) is 0 Å². The van der Waals surface area contributed by atoms with Gasteiger partial charge >= 0.3 is 0 Å². The van der Waals surface area contributed by atoms with E-state index in [0.717, 1.165) is 209 Å². The molecule has 3 N–H and O–H groups in total. The predicted molar refractivity (Wildman–Crippen MR) is 418 cm³/mol. The van der Waals surface area contributed by atoms with E-state index in [9.17, 15) is 28.8 Å². The molecule has 0 spiro atoms. The van der Waals surface area contributed by atoms with E-state index < -0.39 is 0 Å². The molecule has 3 saturated carbocycles. The molecule has 9 fully saturated rings. The molecule has 6 aromatic heterocycles. The van der Waals surface area contributed by atoms with Crippen LogP contribution in [0.1, 0.15) is 149 Å². The average Bonchev–Trinajstić information content (AvgIpc) is 1.68. The van der Waals surface area contributed by atoms with Crippen LogP contribution in [0.25, 0.3) is 0 Å². The van der Waals surface area contributed by atoms with Crippen LogP contribution < -0.4 is 46.1 Å². The number of H-pyrrole nitrogens is 3. The standard InChI is InChI=1S/3C27H35N7O3/c3*1-19-24(17-30-31-26(19)35)34-9-3-5-22(34)18-37-23-6-2-4-21(14-23)27(36)33-12-10-32(11-13-33)25-8-7-20(15-28)16-29-25/h3*7-8,16-17,21-23H,2-6,9-14,18H2,1H3,(H,31,35)/t21-,22+,23-;21-,22-,23+;21-,22-,23-/m100/s1. The first-order valence-electron chi connectivity index (χ1n) is 40.1. The highest BCUT2D eigenvalue weighted by atomic mass is 16.5. The van der Waals surface area contributed by atoms with Crippen LogP contribution in [-0.2, 0) is 28.6 Å². The van der Waals surface area contributed by atoms with Crippen LogP contribution in [-0.4, -0.2) is 232 Å². The maximum absolute atomic E-state index is 13.3. The lowest BCUT2D eigenvalue weighted by molar-refractivity contribution is -0.139. The van der Waals surface area contributed by atoms with E-state index in [-0.39, 0.29) is 88.6 Å². The molecule has 9 atom stereocenters. The van der Waals surface area contributed by atoms with Crippen molar-refractivity contribution in [3.8, 4) is 18.2 Å². The van der Waals surface area contributed by atoms with Gasteiger partial charge in [-0.05, 0) is 153 Å². The molecule has 6 saturated heterocycles. The number of aromatic amines is 3. The average molecular weight is 1520 g/mol. The lowest BCUT2D eigenvalue weighted by Crippen LogP contribution is -2.51. The maximum atomic E-state index is 13.3. The highest BCUT2D eigenvalue weighted by Crippen LogP contribution is 2.36. The fourth-order valence-electron chi connectivity index (χ4n) is 17.7. The van der Waals surface area contributed by atoms with E-state index in [2.05, 4.69) is 93.2 Å². The van der Waals surface area contributed by atoms with Crippen molar-refractivity contribution in [2.75, 3.05) is 147 Å². The van der Waals surface area contributed by atoms with Crippen molar-refractivity contribution >= 4 is 52.2 Å². The van der Waals surface area contributed by atoms with Gasteiger partial charge in [0.1, 0.15) is 35.7 Å². The molecule has 30 heteroatoms. The van der Waals surface area contributed by atoms with E-state index in [4.69, 9.17) is 30.0 Å². The van der Waals surface area contributed by atoms with Crippen LogP contribution >= 0.6 is 0 Å². The number of hydrogen-bond acceptors (Lipinski definition) is 24. The van der Waals surface area contributed by atoms with Gasteiger partial charge in [-0.3, -0.25) is 28.8 Å². The third-order valence-electron chi connectivity index (χ3n) is 24.2. The summed E-state index contributed by atoms with van der Waals surface area (Å²) < 4.78 is 19.2. The number of amides is 3. The second-order valence-corrected chi connectivity index (χ2v) is 31.0. The number of nitrogens with zero attached hydrogens (tertiary/aromatic N) is 18. The van der Waals surface area contributed by atoms with Crippen molar-refractivity contribution in [2.24, 2.45) is 17.8 Å². The smallest absolute Gasteiger partial charge is 0.269 e. The normalized spacial score (nSPS) is 24.2. The number of rotatable bonds is 18. The second-order valence-electron chi connectivity index (χ2n) is 31.0. The summed E-state index contributed by atoms with van der Waals surface area (Å²) in [6.07, 6.45) is 27.6. The molecule has 0 bridgehead atoms. The van der Waals surface area contributed by atoms with Crippen LogP contribution in [0.2, 0.25) is 0 Å². The molecule has 6 aliphatic heterocycles. The number of anilines is 6. The van der Waals surface area contributed by atoms with E-state index in [1.54, 1.807) is 55.4 Å². The summed E-state index contributed by atoms with van der Waals surface area (Å²) in [6, 6.07) is 17.9. The molecule has 6 aromatic rings. The third kappa shape index (κ3) is 19.5. The fourth-order valence-corrected chi connectivity index (χ4v) is 17.7. The molecule has 9 aliphatic rings. The quantitative estimate of drug-likeness (QED) is 0.0804. The van der Waals surface area contributed by atoms with Crippen molar-refractivity contribution in [2.45, 2.75) is 173 Å². The Kier molecular flexibility index (Phi) is 26.7. The Morgan fingerprint density at radius 3 is 0.910 bits per heavy atom. The van der Waals surface area contributed by atoms with Crippen molar-refractivity contribution < 1.29 is 28.6 Å². The number of aromatic nitrogens is 9. The van der Waals surface area contributed by atoms with Crippen LogP contribution in [0.15, 0.2) is 88.0 Å². The SMILES string of the molecule is Cc1c(N2CCC[C@H]2CO[C@@H]2CCC[C@@H](C(=O)N3CCN(c4ccc(C#N)cn4)CC3)C2)cn[nH]c1=O.Cc1c(N2CCC[C@H]2CO[C@@H]2CCC[C@H](C(=O)N3CCN(c4ccc(C#N)cn4)CC3)C2)cn[nH]c1=O.Cc1c(N2CCC[C@H]2CO[C@H]2CCC[C@H](C(=O)N3CCN(c4ccc(C#N)cn4)CC3)C2)cn[nH]c1=O. The minimum Gasteiger partial charge on any atom is -0.376 e. The summed E-state index contributed by atoms with van der Waals surface area (Å²) in [7, 11) is 0. The molecule has 30 nitrogen and oxygen atoms in total. The van der Waals surface area contributed by atoms with Crippen molar-refractivity contribution in [1.82, 2.24) is 60.2 Å². The molecule has 0 unspecified atom stereocenters. The molecule has 15 rings (SSSR count). The number of hydrogen-bond donors (Lipinski definition) is 3. The largest absolute Gasteiger partial charge is 0.376 e. The van der Waals surface area contributed by atoms with E-state index in [1.165, 1.54) is 0 Å². The monoisotopic (exact) mass is 1520 g/mol. The zero-order valence-corrected chi connectivity index (χ0v) is 64.3. The van der Waals surface area contributed by atoms with Gasteiger partial charge in [0.2, 0.25) is 17.7 Å². The van der Waals surface area contributed by atoms with Gasteiger partial charge < -0.3 is 58.3 Å². The first-order chi connectivity index (χ1) is 54.1. The lowest BCUT2D eigenvalue weighted by atomic mass is 9.86. The topological polar surface area (TPSA) is 355 Å². The minimum atomic E-state index is -0.147. The molecular formula is C81H105N21O9. The van der Waals surface area contributed by atoms with Gasteiger partial charge in [-0.1, -0.05) is 19.3 Å². The molecule has 3 amide bonds. The van der Waals surface area contributed by atoms with E-state index >= 15 is 0 Å². The maximum Gasteiger partial charge on any atom is 0.269 e. The Balaban J connectivity index is 0.000000146. The molecule has 0 aromatic carbocycles. The summed E-state index contributed by atoms with van der Waals surface area (Å²) in [5.41, 5.74) is 5.97. The van der Waals surface area contributed by atoms with Gasteiger partial charge in [0.15, 0.2) is 0 Å². The lowest BCUT2D eigenvalue weighted by Gasteiger charge is -2.38. The van der Waals surface area contributed by atoms with Crippen molar-refractivity contribution in [3.05, 3.63) is 138 Å². The van der Waals surface area contributed by atoms with Gasteiger partial charge in [0.25, 0.3) is 16.7 Å². The number of piperazine rings is 3. The van der Waals surface area contributed by atoms with Gasteiger partial charge in [-0.25, -0.2) is 30.2 Å². The Morgan fingerprint density at radius 1 is 0.378 bits per heavy atom. The summed E-state index contributed by atoms with van der Waals surface area (Å²) in [5, 5.41) is 46.4. The fraction of sp³-hybridized carbons (Fsp3) is 0.593. The van der Waals surface area contributed by atoms with Crippen LogP contribution in [0, 0.1) is 72.5 Å². The van der Waals surface area contributed by atoms with Crippen molar-refractivity contribution in [1.29, 1.82) is 15.8 Å².